The molecule has 3 aromatic carbocycles. The van der Waals surface area contributed by atoms with Gasteiger partial charge < -0.3 is 19.3 Å². The number of ketones is 1. The Kier molecular flexibility index (Phi) is 7.13. The summed E-state index contributed by atoms with van der Waals surface area (Å²) in [7, 11) is 0. The van der Waals surface area contributed by atoms with Gasteiger partial charge in [-0.05, 0) is 72.9 Å². The molecule has 1 aromatic heterocycles. The molecule has 0 bridgehead atoms. The minimum absolute atomic E-state index is 0.0264. The molecular weight excluding hydrogens is 540 g/mol. The fourth-order valence-corrected chi connectivity index (χ4v) is 6.09. The number of thiazole rings is 1. The molecule has 0 spiro atoms. The number of anilines is 1. The molecule has 1 atom stereocenters. The first kappa shape index (κ1) is 26.8. The van der Waals surface area contributed by atoms with Crippen molar-refractivity contribution >= 4 is 44.1 Å². The average molecular weight is 571 g/mol. The van der Waals surface area contributed by atoms with Crippen LogP contribution < -0.4 is 19.1 Å². The summed E-state index contributed by atoms with van der Waals surface area (Å²) in [4.78, 5) is 33.4. The summed E-state index contributed by atoms with van der Waals surface area (Å²) in [6.45, 7) is 7.59. The highest BCUT2D eigenvalue weighted by atomic mass is 32.1. The summed E-state index contributed by atoms with van der Waals surface area (Å²) in [5.41, 5.74) is 2.74. The Balaban J connectivity index is 1.48. The van der Waals surface area contributed by atoms with Crippen LogP contribution in [0.3, 0.4) is 0 Å². The number of carbonyl (C=O) groups excluding carboxylic acids is 2. The van der Waals surface area contributed by atoms with E-state index >= 15 is 0 Å². The fourth-order valence-electron chi connectivity index (χ4n) is 5.00. The van der Waals surface area contributed by atoms with Crippen LogP contribution in [0.2, 0.25) is 0 Å². The number of nitrogens with zero attached hydrogens (tertiary/aromatic N) is 2. The number of aliphatic hydroxyl groups excluding tert-OH is 1. The molecule has 1 amide bonds. The van der Waals surface area contributed by atoms with Crippen molar-refractivity contribution in [3.05, 3.63) is 82.9 Å². The van der Waals surface area contributed by atoms with Gasteiger partial charge in [0.1, 0.15) is 24.7 Å². The first-order chi connectivity index (χ1) is 19.8. The maximum absolute atomic E-state index is 13.7. The van der Waals surface area contributed by atoms with Crippen LogP contribution in [0, 0.1) is 12.8 Å². The Morgan fingerprint density at radius 3 is 2.68 bits per heavy atom. The van der Waals surface area contributed by atoms with Crippen molar-refractivity contribution in [1.82, 2.24) is 4.98 Å². The highest BCUT2D eigenvalue weighted by Crippen LogP contribution is 2.45. The third kappa shape index (κ3) is 5.13. The molecule has 3 heterocycles. The fraction of sp³-hybridized carbons (Fsp3) is 0.281. The van der Waals surface area contributed by atoms with Crippen molar-refractivity contribution in [3.8, 4) is 17.2 Å². The molecule has 1 fully saturated rings. The summed E-state index contributed by atoms with van der Waals surface area (Å²) < 4.78 is 18.2. The first-order valence-electron chi connectivity index (χ1n) is 13.6. The third-order valence-corrected chi connectivity index (χ3v) is 8.15. The molecule has 9 heteroatoms. The van der Waals surface area contributed by atoms with E-state index in [9.17, 15) is 14.7 Å². The van der Waals surface area contributed by atoms with E-state index in [1.165, 1.54) is 16.2 Å². The SMILES string of the molecule is Cc1ccc2nc(N3C(=O)C(=O)C(=C(O)c4ccc5c(c4)OCCO5)[C@@H]3c3cccc(OCCC(C)C)c3)sc2c1. The van der Waals surface area contributed by atoms with Gasteiger partial charge in [0, 0.05) is 5.56 Å². The van der Waals surface area contributed by atoms with Gasteiger partial charge in [0.05, 0.1) is 28.4 Å². The molecule has 0 radical (unpaired) electrons. The third-order valence-electron chi connectivity index (χ3n) is 7.14. The van der Waals surface area contributed by atoms with E-state index in [0.717, 1.165) is 22.2 Å². The lowest BCUT2D eigenvalue weighted by molar-refractivity contribution is -0.132. The molecule has 8 nitrogen and oxygen atoms in total. The second kappa shape index (κ2) is 10.9. The number of benzene rings is 3. The number of carbonyl (C=O) groups is 2. The van der Waals surface area contributed by atoms with Crippen molar-refractivity contribution in [3.63, 3.8) is 0 Å². The van der Waals surface area contributed by atoms with Gasteiger partial charge in [-0.15, -0.1) is 0 Å². The number of aryl methyl sites for hydroxylation is 1. The quantitative estimate of drug-likeness (QED) is 0.155. The molecule has 0 aliphatic carbocycles. The van der Waals surface area contributed by atoms with Crippen LogP contribution in [0.15, 0.2) is 66.2 Å². The number of hydrogen-bond donors (Lipinski definition) is 1. The topological polar surface area (TPSA) is 98.2 Å². The molecule has 0 saturated carbocycles. The van der Waals surface area contributed by atoms with Crippen LogP contribution in [-0.4, -0.2) is 41.6 Å². The zero-order valence-electron chi connectivity index (χ0n) is 23.0. The van der Waals surface area contributed by atoms with Crippen LogP contribution in [0.4, 0.5) is 5.13 Å². The van der Waals surface area contributed by atoms with Crippen LogP contribution in [0.25, 0.3) is 16.0 Å². The Labute approximate surface area is 241 Å². The lowest BCUT2D eigenvalue weighted by atomic mass is 9.95. The molecular formula is C32H30N2O6S. The summed E-state index contributed by atoms with van der Waals surface area (Å²) in [5.74, 6) is 0.289. The summed E-state index contributed by atoms with van der Waals surface area (Å²) in [6.07, 6.45) is 0.887. The second-order valence-corrected chi connectivity index (χ2v) is 11.6. The van der Waals surface area contributed by atoms with Crippen molar-refractivity contribution in [2.75, 3.05) is 24.7 Å². The molecule has 1 saturated heterocycles. The number of rotatable bonds is 7. The van der Waals surface area contributed by atoms with E-state index in [4.69, 9.17) is 19.2 Å². The smallest absolute Gasteiger partial charge is 0.301 e. The van der Waals surface area contributed by atoms with Crippen molar-refractivity contribution < 1.29 is 28.9 Å². The maximum Gasteiger partial charge on any atom is 0.301 e. The first-order valence-corrected chi connectivity index (χ1v) is 14.4. The molecule has 4 aromatic rings. The van der Waals surface area contributed by atoms with Gasteiger partial charge in [0.25, 0.3) is 5.78 Å². The van der Waals surface area contributed by atoms with Gasteiger partial charge >= 0.3 is 5.91 Å². The van der Waals surface area contributed by atoms with Gasteiger partial charge in [-0.1, -0.05) is 43.4 Å². The van der Waals surface area contributed by atoms with E-state index in [0.29, 0.717) is 59.2 Å². The van der Waals surface area contributed by atoms with E-state index in [1.54, 1.807) is 18.2 Å². The zero-order valence-corrected chi connectivity index (χ0v) is 23.9. The summed E-state index contributed by atoms with van der Waals surface area (Å²) in [5, 5.41) is 12.0. The van der Waals surface area contributed by atoms with E-state index in [2.05, 4.69) is 13.8 Å². The van der Waals surface area contributed by atoms with E-state index in [1.807, 2.05) is 49.4 Å². The lowest BCUT2D eigenvalue weighted by Gasteiger charge is -2.24. The standard InChI is InChI=1S/C32H30N2O6S/c1-18(2)11-12-38-22-6-4-5-20(16-22)28-27(29(35)21-8-10-24-25(17-21)40-14-13-39-24)30(36)31(37)34(28)32-33-23-9-7-19(3)15-26(23)41-32/h4-10,15-18,28,35H,11-14H2,1-3H3/t28-/m0/s1. The zero-order chi connectivity index (χ0) is 28.7. The van der Waals surface area contributed by atoms with Gasteiger partial charge in [-0.25, -0.2) is 4.98 Å². The van der Waals surface area contributed by atoms with E-state index < -0.39 is 17.7 Å². The Bertz CT molecular complexity index is 1690. The van der Waals surface area contributed by atoms with Gasteiger partial charge in [-0.3, -0.25) is 14.5 Å². The molecule has 2 aliphatic heterocycles. The molecule has 210 valence electrons. The Morgan fingerprint density at radius 1 is 1.07 bits per heavy atom. The van der Waals surface area contributed by atoms with Crippen molar-refractivity contribution in [2.24, 2.45) is 5.92 Å². The average Bonchev–Trinajstić information content (AvgIpc) is 3.49. The number of fused-ring (bicyclic) bond motifs is 2. The Hall–Kier alpha value is -4.37. The normalized spacial score (nSPS) is 18.0. The van der Waals surface area contributed by atoms with E-state index in [-0.39, 0.29) is 11.3 Å². The largest absolute Gasteiger partial charge is 0.507 e. The maximum atomic E-state index is 13.7. The molecule has 6 rings (SSSR count). The predicted octanol–water partition coefficient (Wildman–Crippen LogP) is 6.43. The second-order valence-electron chi connectivity index (χ2n) is 10.6. The lowest BCUT2D eigenvalue weighted by Crippen LogP contribution is -2.29. The van der Waals surface area contributed by atoms with Gasteiger partial charge in [0.15, 0.2) is 16.6 Å². The van der Waals surface area contributed by atoms with Crippen LogP contribution in [0.5, 0.6) is 17.2 Å². The van der Waals surface area contributed by atoms with Gasteiger partial charge in [0.2, 0.25) is 0 Å². The number of aliphatic hydroxyl groups is 1. The number of aromatic nitrogens is 1. The summed E-state index contributed by atoms with van der Waals surface area (Å²) >= 11 is 1.33. The Morgan fingerprint density at radius 2 is 1.88 bits per heavy atom. The van der Waals surface area contributed by atoms with Crippen LogP contribution in [-0.2, 0) is 9.59 Å². The predicted molar refractivity (Wildman–Crippen MR) is 158 cm³/mol. The minimum Gasteiger partial charge on any atom is -0.507 e. The summed E-state index contributed by atoms with van der Waals surface area (Å²) in [6, 6.07) is 17.2. The monoisotopic (exact) mass is 570 g/mol. The number of ether oxygens (including phenoxy) is 3. The van der Waals surface area contributed by atoms with Crippen LogP contribution in [0.1, 0.15) is 43.0 Å². The van der Waals surface area contributed by atoms with Crippen LogP contribution >= 0.6 is 11.3 Å². The number of Topliss-reactive ketones (excluding diaryl/α,β-unsaturated/α-hetero) is 1. The number of hydrogen-bond acceptors (Lipinski definition) is 8. The molecule has 41 heavy (non-hydrogen) atoms. The molecule has 0 unspecified atom stereocenters. The highest BCUT2D eigenvalue weighted by molar-refractivity contribution is 7.22. The highest BCUT2D eigenvalue weighted by Gasteiger charge is 2.48. The number of amides is 1. The molecule has 2 aliphatic rings. The van der Waals surface area contributed by atoms with Crippen molar-refractivity contribution in [2.45, 2.75) is 33.2 Å². The molecule has 1 N–H and O–H groups in total. The van der Waals surface area contributed by atoms with Crippen molar-refractivity contribution in [1.29, 1.82) is 0 Å². The van der Waals surface area contributed by atoms with Gasteiger partial charge in [-0.2, -0.15) is 0 Å². The minimum atomic E-state index is -0.918.